The van der Waals surface area contributed by atoms with E-state index < -0.39 is 0 Å². The Bertz CT molecular complexity index is 504. The van der Waals surface area contributed by atoms with Crippen LogP contribution in [0.4, 0.5) is 5.69 Å². The van der Waals surface area contributed by atoms with Gasteiger partial charge in [0.15, 0.2) is 13.2 Å². The van der Waals surface area contributed by atoms with Crippen molar-refractivity contribution in [1.82, 2.24) is 5.32 Å². The summed E-state index contributed by atoms with van der Waals surface area (Å²) in [6.45, 7) is 0.799. The van der Waals surface area contributed by atoms with E-state index in [4.69, 9.17) is 14.2 Å². The smallest absolute Gasteiger partial charge is 0.262 e. The molecule has 0 saturated carbocycles. The summed E-state index contributed by atoms with van der Waals surface area (Å²) >= 11 is 0. The van der Waals surface area contributed by atoms with Crippen LogP contribution in [-0.4, -0.2) is 45.3 Å². The normalized spacial score (nSPS) is 12.9. The molecule has 0 fully saturated rings. The van der Waals surface area contributed by atoms with Crippen molar-refractivity contribution in [1.29, 1.82) is 0 Å². The second-order valence-electron chi connectivity index (χ2n) is 4.13. The van der Waals surface area contributed by atoms with Crippen molar-refractivity contribution in [2.45, 2.75) is 0 Å². The molecule has 2 rings (SSSR count). The number of carbonyl (C=O) groups is 2. The Kier molecular flexibility index (Phi) is 4.78. The summed E-state index contributed by atoms with van der Waals surface area (Å²) in [5.74, 6) is 0.616. The number of hydrogen-bond donors (Lipinski definition) is 2. The van der Waals surface area contributed by atoms with E-state index in [1.54, 1.807) is 25.3 Å². The largest absolute Gasteiger partial charge is 0.484 e. The molecule has 0 bridgehead atoms. The van der Waals surface area contributed by atoms with Crippen LogP contribution in [0.2, 0.25) is 0 Å². The summed E-state index contributed by atoms with van der Waals surface area (Å²) in [7, 11) is 1.56. The molecule has 1 aliphatic rings. The third-order valence-electron chi connectivity index (χ3n) is 2.58. The predicted octanol–water partition coefficient (Wildman–Crippen LogP) is 0.159. The Hall–Kier alpha value is -2.28. The average Bonchev–Trinajstić information content (AvgIpc) is 2.45. The number of amides is 2. The molecule has 2 amide bonds. The van der Waals surface area contributed by atoms with Gasteiger partial charge in [0.05, 0.1) is 12.3 Å². The maximum atomic E-state index is 11.4. The molecule has 2 N–H and O–H groups in total. The number of ether oxygens (including phenoxy) is 3. The van der Waals surface area contributed by atoms with E-state index in [-0.39, 0.29) is 25.0 Å². The minimum atomic E-state index is -0.236. The van der Waals surface area contributed by atoms with Gasteiger partial charge < -0.3 is 24.8 Å². The number of nitrogens with one attached hydrogen (secondary N) is 2. The fourth-order valence-corrected chi connectivity index (χ4v) is 1.64. The van der Waals surface area contributed by atoms with Crippen LogP contribution in [0, 0.1) is 0 Å². The Balaban J connectivity index is 1.86. The first-order chi connectivity index (χ1) is 9.69. The molecule has 7 nitrogen and oxygen atoms in total. The molecule has 1 aromatic carbocycles. The van der Waals surface area contributed by atoms with Crippen molar-refractivity contribution >= 4 is 17.5 Å². The summed E-state index contributed by atoms with van der Waals surface area (Å²) in [5.41, 5.74) is 0.540. The number of rotatable bonds is 6. The van der Waals surface area contributed by atoms with Gasteiger partial charge in [-0.3, -0.25) is 9.59 Å². The molecule has 7 heteroatoms. The zero-order valence-corrected chi connectivity index (χ0v) is 11.1. The van der Waals surface area contributed by atoms with E-state index in [0.29, 0.717) is 30.3 Å². The van der Waals surface area contributed by atoms with Crippen molar-refractivity contribution < 1.29 is 23.8 Å². The number of carbonyl (C=O) groups excluding carboxylic acids is 2. The SMILES string of the molecule is COCCNC(=O)COc1ccc2c(c1)NC(=O)CO2. The van der Waals surface area contributed by atoms with Gasteiger partial charge in [0.25, 0.3) is 11.8 Å². The topological polar surface area (TPSA) is 85.9 Å². The molecule has 20 heavy (non-hydrogen) atoms. The molecule has 0 saturated heterocycles. The average molecular weight is 280 g/mol. The van der Waals surface area contributed by atoms with Crippen molar-refractivity contribution in [3.05, 3.63) is 18.2 Å². The lowest BCUT2D eigenvalue weighted by atomic mass is 10.2. The van der Waals surface area contributed by atoms with E-state index in [0.717, 1.165) is 0 Å². The highest BCUT2D eigenvalue weighted by molar-refractivity contribution is 5.95. The minimum Gasteiger partial charge on any atom is -0.484 e. The second-order valence-corrected chi connectivity index (χ2v) is 4.13. The van der Waals surface area contributed by atoms with Gasteiger partial charge in [-0.15, -0.1) is 0 Å². The second kappa shape index (κ2) is 6.76. The first-order valence-corrected chi connectivity index (χ1v) is 6.14. The molecule has 0 aliphatic carbocycles. The third kappa shape index (κ3) is 3.86. The maximum Gasteiger partial charge on any atom is 0.262 e. The summed E-state index contributed by atoms with van der Waals surface area (Å²) in [5, 5.41) is 5.31. The van der Waals surface area contributed by atoms with E-state index in [1.807, 2.05) is 0 Å². The Labute approximate surface area is 116 Å². The highest BCUT2D eigenvalue weighted by Crippen LogP contribution is 2.31. The van der Waals surface area contributed by atoms with Gasteiger partial charge in [-0.1, -0.05) is 0 Å². The van der Waals surface area contributed by atoms with Crippen LogP contribution in [0.1, 0.15) is 0 Å². The van der Waals surface area contributed by atoms with Crippen molar-refractivity contribution in [2.75, 3.05) is 38.8 Å². The summed E-state index contributed by atoms with van der Waals surface area (Å²) in [6, 6.07) is 4.99. The summed E-state index contributed by atoms with van der Waals surface area (Å²) in [6.07, 6.45) is 0. The van der Waals surface area contributed by atoms with Gasteiger partial charge in [0, 0.05) is 19.7 Å². The van der Waals surface area contributed by atoms with E-state index in [1.165, 1.54) is 0 Å². The minimum absolute atomic E-state index is 0.00904. The van der Waals surface area contributed by atoms with Gasteiger partial charge in [-0.05, 0) is 12.1 Å². The highest BCUT2D eigenvalue weighted by Gasteiger charge is 2.16. The van der Waals surface area contributed by atoms with Gasteiger partial charge in [0.1, 0.15) is 11.5 Å². The van der Waals surface area contributed by atoms with E-state index in [9.17, 15) is 9.59 Å². The molecule has 0 spiro atoms. The van der Waals surface area contributed by atoms with Crippen LogP contribution in [0.5, 0.6) is 11.5 Å². The molecule has 0 aromatic heterocycles. The van der Waals surface area contributed by atoms with Crippen LogP contribution in [-0.2, 0) is 14.3 Å². The Morgan fingerprint density at radius 1 is 1.50 bits per heavy atom. The van der Waals surface area contributed by atoms with Crippen LogP contribution in [0.25, 0.3) is 0 Å². The lowest BCUT2D eigenvalue weighted by Crippen LogP contribution is -2.31. The van der Waals surface area contributed by atoms with Crippen LogP contribution in [0.15, 0.2) is 18.2 Å². The van der Waals surface area contributed by atoms with Gasteiger partial charge in [-0.2, -0.15) is 0 Å². The van der Waals surface area contributed by atoms with Crippen molar-refractivity contribution in [3.8, 4) is 11.5 Å². The van der Waals surface area contributed by atoms with Gasteiger partial charge in [-0.25, -0.2) is 0 Å². The lowest BCUT2D eigenvalue weighted by molar-refractivity contribution is -0.123. The molecular weight excluding hydrogens is 264 g/mol. The Morgan fingerprint density at radius 2 is 2.35 bits per heavy atom. The van der Waals surface area contributed by atoms with Crippen LogP contribution in [0.3, 0.4) is 0 Å². The predicted molar refractivity (Wildman–Crippen MR) is 70.9 cm³/mol. The number of hydrogen-bond acceptors (Lipinski definition) is 5. The maximum absolute atomic E-state index is 11.4. The lowest BCUT2D eigenvalue weighted by Gasteiger charge is -2.18. The Morgan fingerprint density at radius 3 is 3.15 bits per heavy atom. The van der Waals surface area contributed by atoms with E-state index >= 15 is 0 Å². The van der Waals surface area contributed by atoms with Crippen molar-refractivity contribution in [3.63, 3.8) is 0 Å². The highest BCUT2D eigenvalue weighted by atomic mass is 16.5. The number of methoxy groups -OCH3 is 1. The summed E-state index contributed by atoms with van der Waals surface area (Å²) < 4.78 is 15.4. The fourth-order valence-electron chi connectivity index (χ4n) is 1.64. The number of anilines is 1. The molecule has 108 valence electrons. The van der Waals surface area contributed by atoms with Crippen LogP contribution < -0.4 is 20.1 Å². The molecule has 0 unspecified atom stereocenters. The number of benzene rings is 1. The monoisotopic (exact) mass is 280 g/mol. The van der Waals surface area contributed by atoms with Gasteiger partial charge >= 0.3 is 0 Å². The van der Waals surface area contributed by atoms with E-state index in [2.05, 4.69) is 10.6 Å². The first-order valence-electron chi connectivity index (χ1n) is 6.14. The zero-order chi connectivity index (χ0) is 14.4. The fraction of sp³-hybridized carbons (Fsp3) is 0.385. The van der Waals surface area contributed by atoms with Gasteiger partial charge in [0.2, 0.25) is 0 Å². The van der Waals surface area contributed by atoms with Crippen LogP contribution >= 0.6 is 0 Å². The zero-order valence-electron chi connectivity index (χ0n) is 11.1. The first kappa shape index (κ1) is 14.1. The molecule has 1 aromatic rings. The molecule has 1 heterocycles. The summed E-state index contributed by atoms with van der Waals surface area (Å²) in [4.78, 5) is 22.6. The molecule has 0 radical (unpaired) electrons. The molecule has 0 atom stereocenters. The standard InChI is InChI=1S/C13H16N2O5/c1-18-5-4-14-12(16)7-19-9-2-3-11-10(6-9)15-13(17)8-20-11/h2-3,6H,4-5,7-8H2,1H3,(H,14,16)(H,15,17). The number of fused-ring (bicyclic) bond motifs is 1. The van der Waals surface area contributed by atoms with Crippen molar-refractivity contribution in [2.24, 2.45) is 0 Å². The molecular formula is C13H16N2O5. The molecule has 1 aliphatic heterocycles. The third-order valence-corrected chi connectivity index (χ3v) is 2.58. The quantitative estimate of drug-likeness (QED) is 0.725.